The quantitative estimate of drug-likeness (QED) is 0.459. The Morgan fingerprint density at radius 2 is 1.97 bits per heavy atom. The predicted octanol–water partition coefficient (Wildman–Crippen LogP) is -0.267. The Bertz CT molecular complexity index is 948. The Kier molecular flexibility index (Phi) is 6.32. The van der Waals surface area contributed by atoms with Crippen LogP contribution in [0.5, 0.6) is 11.5 Å². The fraction of sp³-hybridized carbons (Fsp3) is 0.400. The van der Waals surface area contributed by atoms with Crippen LogP contribution in [0.25, 0.3) is 0 Å². The molecule has 2 aliphatic rings. The van der Waals surface area contributed by atoms with E-state index in [4.69, 9.17) is 14.2 Å². The summed E-state index contributed by atoms with van der Waals surface area (Å²) in [4.78, 5) is 42.3. The van der Waals surface area contributed by atoms with Crippen LogP contribution in [0.2, 0.25) is 0 Å². The molecule has 3 amide bonds. The van der Waals surface area contributed by atoms with Crippen LogP contribution in [0.4, 0.5) is 0 Å². The van der Waals surface area contributed by atoms with Crippen LogP contribution >= 0.6 is 0 Å². The number of fused-ring (bicyclic) bond motifs is 1. The molecule has 0 saturated carbocycles. The van der Waals surface area contributed by atoms with Crippen LogP contribution in [0.1, 0.15) is 16.8 Å². The summed E-state index contributed by atoms with van der Waals surface area (Å²) in [5.74, 6) is -0.639. The first-order chi connectivity index (χ1) is 15.1. The number of aryl methyl sites for hydroxylation is 1. The van der Waals surface area contributed by atoms with Crippen molar-refractivity contribution in [3.63, 3.8) is 0 Å². The molecule has 1 fully saturated rings. The summed E-state index contributed by atoms with van der Waals surface area (Å²) in [5.41, 5.74) is 0.432. The molecule has 1 aromatic carbocycles. The highest BCUT2D eigenvalue weighted by Crippen LogP contribution is 2.33. The van der Waals surface area contributed by atoms with Crippen molar-refractivity contribution in [3.8, 4) is 11.5 Å². The lowest BCUT2D eigenvalue weighted by Crippen LogP contribution is -2.47. The van der Waals surface area contributed by atoms with E-state index in [0.29, 0.717) is 49.7 Å². The van der Waals surface area contributed by atoms with Gasteiger partial charge in [-0.1, -0.05) is 0 Å². The number of rotatable bonds is 7. The third-order valence-electron chi connectivity index (χ3n) is 4.95. The molecular weight excluding hydrogens is 406 g/mol. The zero-order chi connectivity index (χ0) is 21.6. The van der Waals surface area contributed by atoms with E-state index in [9.17, 15) is 14.4 Å². The first kappa shape index (κ1) is 20.7. The number of imidazole rings is 1. The molecule has 11 heteroatoms. The van der Waals surface area contributed by atoms with Crippen LogP contribution in [0.15, 0.2) is 36.9 Å². The van der Waals surface area contributed by atoms with E-state index in [-0.39, 0.29) is 19.2 Å². The Morgan fingerprint density at radius 3 is 2.81 bits per heavy atom. The van der Waals surface area contributed by atoms with Gasteiger partial charge in [-0.15, -0.1) is 0 Å². The molecule has 0 unspecified atom stereocenters. The Balaban J connectivity index is 1.23. The van der Waals surface area contributed by atoms with Gasteiger partial charge in [0, 0.05) is 37.6 Å². The van der Waals surface area contributed by atoms with E-state index in [2.05, 4.69) is 15.6 Å². The molecule has 3 heterocycles. The number of carbonyl (C=O) groups is 3. The number of ether oxygens (including phenoxy) is 3. The van der Waals surface area contributed by atoms with Gasteiger partial charge in [-0.3, -0.25) is 14.4 Å². The molecule has 31 heavy (non-hydrogen) atoms. The Hall–Kier alpha value is -3.60. The zero-order valence-corrected chi connectivity index (χ0v) is 16.8. The maximum Gasteiger partial charge on any atom is 0.309 e. The van der Waals surface area contributed by atoms with Crippen molar-refractivity contribution in [1.29, 1.82) is 0 Å². The normalized spacial score (nSPS) is 16.9. The number of hydrogen-bond donors (Lipinski definition) is 2. The largest absolute Gasteiger partial charge is 0.454 e. The number of carbonyl (C=O) groups excluding carboxylic acids is 3. The van der Waals surface area contributed by atoms with Crippen molar-refractivity contribution in [2.45, 2.75) is 19.2 Å². The SMILES string of the molecule is O=C(NCCCn1ccnc1)C(=O)NC[C@@H]1OCCN1C(=O)c1ccc2c(c1)OCO2. The third kappa shape index (κ3) is 4.94. The summed E-state index contributed by atoms with van der Waals surface area (Å²) in [6.07, 6.45) is 5.20. The van der Waals surface area contributed by atoms with Gasteiger partial charge in [0.2, 0.25) is 6.79 Å². The minimum absolute atomic E-state index is 0.0115. The second-order valence-corrected chi connectivity index (χ2v) is 7.01. The molecule has 1 saturated heterocycles. The van der Waals surface area contributed by atoms with Crippen molar-refractivity contribution in [2.75, 3.05) is 33.0 Å². The Labute approximate surface area is 178 Å². The van der Waals surface area contributed by atoms with Crippen LogP contribution in [0, 0.1) is 0 Å². The van der Waals surface area contributed by atoms with Crippen LogP contribution in [0.3, 0.4) is 0 Å². The average Bonchev–Trinajstić information content (AvgIpc) is 3.55. The zero-order valence-electron chi connectivity index (χ0n) is 16.8. The van der Waals surface area contributed by atoms with Gasteiger partial charge in [-0.05, 0) is 24.6 Å². The summed E-state index contributed by atoms with van der Waals surface area (Å²) in [6.45, 7) is 1.91. The van der Waals surface area contributed by atoms with E-state index in [1.807, 2.05) is 10.8 Å². The van der Waals surface area contributed by atoms with Crippen molar-refractivity contribution in [3.05, 3.63) is 42.5 Å². The molecule has 0 aliphatic carbocycles. The lowest BCUT2D eigenvalue weighted by Gasteiger charge is -2.23. The third-order valence-corrected chi connectivity index (χ3v) is 4.95. The molecule has 1 atom stereocenters. The predicted molar refractivity (Wildman–Crippen MR) is 106 cm³/mol. The number of benzene rings is 1. The maximum atomic E-state index is 12.9. The molecule has 1 aromatic heterocycles. The second kappa shape index (κ2) is 9.47. The highest BCUT2D eigenvalue weighted by Gasteiger charge is 2.32. The number of hydrogen-bond acceptors (Lipinski definition) is 7. The van der Waals surface area contributed by atoms with E-state index >= 15 is 0 Å². The summed E-state index contributed by atoms with van der Waals surface area (Å²) in [6, 6.07) is 4.96. The lowest BCUT2D eigenvalue weighted by molar-refractivity contribution is -0.139. The number of nitrogens with zero attached hydrogens (tertiary/aromatic N) is 3. The number of aromatic nitrogens is 2. The molecule has 0 spiro atoms. The minimum Gasteiger partial charge on any atom is -0.454 e. The smallest absolute Gasteiger partial charge is 0.309 e. The van der Waals surface area contributed by atoms with Gasteiger partial charge in [0.05, 0.1) is 19.5 Å². The summed E-state index contributed by atoms with van der Waals surface area (Å²) in [7, 11) is 0. The summed E-state index contributed by atoms with van der Waals surface area (Å²) in [5, 5.41) is 5.10. The Morgan fingerprint density at radius 1 is 1.13 bits per heavy atom. The van der Waals surface area contributed by atoms with Crippen LogP contribution in [-0.2, 0) is 20.9 Å². The molecule has 2 aliphatic heterocycles. The molecule has 164 valence electrons. The maximum absolute atomic E-state index is 12.9. The molecule has 4 rings (SSSR count). The molecule has 0 bridgehead atoms. The summed E-state index contributed by atoms with van der Waals surface area (Å²) < 4.78 is 18.0. The van der Waals surface area contributed by atoms with Gasteiger partial charge >= 0.3 is 11.8 Å². The van der Waals surface area contributed by atoms with Crippen molar-refractivity contribution in [2.24, 2.45) is 0 Å². The first-order valence-corrected chi connectivity index (χ1v) is 9.96. The van der Waals surface area contributed by atoms with E-state index in [1.54, 1.807) is 30.7 Å². The topological polar surface area (TPSA) is 124 Å². The van der Waals surface area contributed by atoms with Crippen LogP contribution in [-0.4, -0.2) is 71.4 Å². The first-order valence-electron chi connectivity index (χ1n) is 9.96. The molecule has 11 nitrogen and oxygen atoms in total. The highest BCUT2D eigenvalue weighted by molar-refractivity contribution is 6.35. The van der Waals surface area contributed by atoms with E-state index in [0.717, 1.165) is 0 Å². The number of amides is 3. The second-order valence-electron chi connectivity index (χ2n) is 7.01. The standard InChI is InChI=1S/C20H23N5O6/c26-18(22-4-1-6-24-7-5-21-12-24)19(27)23-11-17-25(8-9-29-17)20(28)14-2-3-15-16(10-14)31-13-30-15/h2-3,5,7,10,12,17H,1,4,6,8-9,11,13H2,(H,22,26)(H,23,27)/t17-/m0/s1. The van der Waals surface area contributed by atoms with Gasteiger partial charge in [0.1, 0.15) is 6.23 Å². The number of nitrogens with one attached hydrogen (secondary N) is 2. The molecular formula is C20H23N5O6. The minimum atomic E-state index is -0.770. The van der Waals surface area contributed by atoms with E-state index < -0.39 is 18.0 Å². The monoisotopic (exact) mass is 429 g/mol. The van der Waals surface area contributed by atoms with Gasteiger partial charge in [-0.2, -0.15) is 0 Å². The summed E-state index contributed by atoms with van der Waals surface area (Å²) >= 11 is 0. The van der Waals surface area contributed by atoms with Gasteiger partial charge in [0.15, 0.2) is 11.5 Å². The van der Waals surface area contributed by atoms with Crippen molar-refractivity contribution >= 4 is 17.7 Å². The molecule has 2 aromatic rings. The fourth-order valence-corrected chi connectivity index (χ4v) is 3.34. The van der Waals surface area contributed by atoms with Gasteiger partial charge in [0.25, 0.3) is 5.91 Å². The highest BCUT2D eigenvalue weighted by atomic mass is 16.7. The van der Waals surface area contributed by atoms with Crippen LogP contribution < -0.4 is 20.1 Å². The van der Waals surface area contributed by atoms with Gasteiger partial charge in [-0.25, -0.2) is 4.98 Å². The molecule has 2 N–H and O–H groups in total. The fourth-order valence-electron chi connectivity index (χ4n) is 3.34. The molecule has 0 radical (unpaired) electrons. The average molecular weight is 429 g/mol. The van der Waals surface area contributed by atoms with E-state index in [1.165, 1.54) is 4.90 Å². The van der Waals surface area contributed by atoms with Crippen molar-refractivity contribution in [1.82, 2.24) is 25.1 Å². The van der Waals surface area contributed by atoms with Gasteiger partial charge < -0.3 is 34.3 Å². The lowest BCUT2D eigenvalue weighted by atomic mass is 10.1. The van der Waals surface area contributed by atoms with Crippen molar-refractivity contribution < 1.29 is 28.6 Å².